The van der Waals surface area contributed by atoms with Gasteiger partial charge in [0, 0.05) is 16.3 Å². The Morgan fingerprint density at radius 2 is 2.08 bits per heavy atom. The van der Waals surface area contributed by atoms with Crippen molar-refractivity contribution in [3.05, 3.63) is 42.7 Å². The molecule has 1 aliphatic carbocycles. The summed E-state index contributed by atoms with van der Waals surface area (Å²) in [5.74, 6) is 0. The molecule has 0 saturated heterocycles. The fraction of sp³-hybridized carbons (Fsp3) is 0.500. The summed E-state index contributed by atoms with van der Waals surface area (Å²) in [6.07, 6.45) is 7.33. The van der Waals surface area contributed by atoms with Crippen molar-refractivity contribution >= 4 is 32.9 Å². The van der Waals surface area contributed by atoms with Gasteiger partial charge in [0.1, 0.15) is 9.84 Å². The minimum absolute atomic E-state index is 0.0581. The predicted octanol–water partition coefficient (Wildman–Crippen LogP) is 3.05. The molecule has 0 amide bonds. The van der Waals surface area contributed by atoms with Crippen LogP contribution in [0.3, 0.4) is 0 Å². The number of rotatable bonds is 2. The molecule has 0 radical (unpaired) electrons. The van der Waals surface area contributed by atoms with Crippen LogP contribution in [0, 0.1) is 0 Å². The lowest BCUT2D eigenvalue weighted by Gasteiger charge is -2.14. The van der Waals surface area contributed by atoms with Crippen molar-refractivity contribution < 1.29 is 0 Å². The average molecular weight is 373 g/mol. The second-order valence-corrected chi connectivity index (χ2v) is 9.07. The van der Waals surface area contributed by atoms with E-state index in [0.717, 1.165) is 47.6 Å². The highest BCUT2D eigenvalue weighted by molar-refractivity contribution is 7.18. The van der Waals surface area contributed by atoms with Gasteiger partial charge < -0.3 is 5.32 Å². The Bertz CT molecular complexity index is 993. The zero-order valence-electron chi connectivity index (χ0n) is 14.2. The zero-order chi connectivity index (χ0) is 17.0. The quantitative estimate of drug-likeness (QED) is 0.751. The lowest BCUT2D eigenvalue weighted by molar-refractivity contribution is 0.599. The number of thiophene rings is 1. The van der Waals surface area contributed by atoms with Crippen molar-refractivity contribution in [2.75, 3.05) is 6.54 Å². The normalized spacial score (nSPS) is 18.1. The van der Waals surface area contributed by atoms with E-state index in [4.69, 9.17) is 4.98 Å². The molecule has 0 aromatic carbocycles. The third-order valence-corrected chi connectivity index (χ3v) is 7.76. The fourth-order valence-corrected chi connectivity index (χ4v) is 6.23. The summed E-state index contributed by atoms with van der Waals surface area (Å²) in [6.45, 7) is 3.85. The van der Waals surface area contributed by atoms with Crippen LogP contribution in [0.5, 0.6) is 0 Å². The first-order chi connectivity index (χ1) is 12.2. The first-order valence-electron chi connectivity index (χ1n) is 8.93. The van der Waals surface area contributed by atoms with Crippen LogP contribution < -0.4 is 10.9 Å². The van der Waals surface area contributed by atoms with Gasteiger partial charge in [-0.05, 0) is 51.1 Å². The van der Waals surface area contributed by atoms with Crippen molar-refractivity contribution in [1.29, 1.82) is 0 Å². The number of nitrogens with one attached hydrogen (secondary N) is 1. The Hall–Kier alpha value is -1.57. The number of aromatic nitrogens is 3. The maximum Gasteiger partial charge on any atom is 0.263 e. The lowest BCUT2D eigenvalue weighted by Crippen LogP contribution is -2.26. The topological polar surface area (TPSA) is 59.8 Å². The monoisotopic (exact) mass is 372 g/mol. The minimum Gasteiger partial charge on any atom is -0.312 e. The van der Waals surface area contributed by atoms with Crippen molar-refractivity contribution in [3.63, 3.8) is 0 Å². The Morgan fingerprint density at radius 1 is 1.20 bits per heavy atom. The summed E-state index contributed by atoms with van der Waals surface area (Å²) in [6, 6.07) is -0.0581. The minimum atomic E-state index is -0.0581. The van der Waals surface area contributed by atoms with Crippen LogP contribution in [-0.4, -0.2) is 21.1 Å². The van der Waals surface area contributed by atoms with E-state index in [2.05, 4.69) is 17.2 Å². The molecule has 3 aromatic rings. The Labute approximate surface area is 153 Å². The van der Waals surface area contributed by atoms with E-state index in [1.54, 1.807) is 33.6 Å². The van der Waals surface area contributed by atoms with Gasteiger partial charge >= 0.3 is 0 Å². The molecule has 0 bridgehead atoms. The van der Waals surface area contributed by atoms with E-state index in [0.29, 0.717) is 0 Å². The SMILES string of the molecule is CC(c1nc2c(s1)CCCC2)n1cnc2sc3c(c2c1=O)CCNC3. The number of hydrogen-bond donors (Lipinski definition) is 1. The van der Waals surface area contributed by atoms with E-state index in [9.17, 15) is 4.79 Å². The van der Waals surface area contributed by atoms with Crippen LogP contribution in [-0.2, 0) is 25.8 Å². The van der Waals surface area contributed by atoms with Crippen LogP contribution in [0.25, 0.3) is 10.2 Å². The highest BCUT2D eigenvalue weighted by atomic mass is 32.1. The molecule has 4 heterocycles. The van der Waals surface area contributed by atoms with E-state index in [-0.39, 0.29) is 11.6 Å². The predicted molar refractivity (Wildman–Crippen MR) is 102 cm³/mol. The summed E-state index contributed by atoms with van der Waals surface area (Å²) in [7, 11) is 0. The maximum atomic E-state index is 13.2. The first kappa shape index (κ1) is 15.7. The molecule has 2 aliphatic rings. The first-order valence-corrected chi connectivity index (χ1v) is 10.6. The molecule has 1 unspecified atom stereocenters. The smallest absolute Gasteiger partial charge is 0.263 e. The van der Waals surface area contributed by atoms with Crippen molar-refractivity contribution in [3.8, 4) is 0 Å². The molecule has 130 valence electrons. The van der Waals surface area contributed by atoms with Gasteiger partial charge in [-0.3, -0.25) is 9.36 Å². The molecular formula is C18H20N4OS2. The molecule has 0 spiro atoms. The van der Waals surface area contributed by atoms with Gasteiger partial charge in [-0.15, -0.1) is 22.7 Å². The third-order valence-electron chi connectivity index (χ3n) is 5.29. The molecule has 1 atom stereocenters. The highest BCUT2D eigenvalue weighted by Gasteiger charge is 2.24. The standard InChI is InChI=1S/C18H20N4OS2/c1-10(16-21-12-4-2-3-5-13(12)24-16)22-9-20-17-15(18(22)23)11-6-7-19-8-14(11)25-17/h9-10,19H,2-8H2,1H3. The summed E-state index contributed by atoms with van der Waals surface area (Å²) in [5.41, 5.74) is 2.54. The number of thiazole rings is 1. The second kappa shape index (κ2) is 6.00. The summed E-state index contributed by atoms with van der Waals surface area (Å²) >= 11 is 3.43. The van der Waals surface area contributed by atoms with Gasteiger partial charge in [-0.1, -0.05) is 0 Å². The van der Waals surface area contributed by atoms with E-state index in [1.165, 1.54) is 33.9 Å². The van der Waals surface area contributed by atoms with E-state index < -0.39 is 0 Å². The summed E-state index contributed by atoms with van der Waals surface area (Å²) in [5, 5.41) is 5.25. The molecule has 0 saturated carbocycles. The van der Waals surface area contributed by atoms with Gasteiger partial charge in [-0.25, -0.2) is 9.97 Å². The van der Waals surface area contributed by atoms with Crippen molar-refractivity contribution in [2.24, 2.45) is 0 Å². The molecule has 5 rings (SSSR count). The molecule has 1 N–H and O–H groups in total. The molecule has 1 aliphatic heterocycles. The van der Waals surface area contributed by atoms with Crippen LogP contribution in [0.4, 0.5) is 0 Å². The molecule has 0 fully saturated rings. The van der Waals surface area contributed by atoms with Gasteiger partial charge in [0.15, 0.2) is 0 Å². The number of hydrogen-bond acceptors (Lipinski definition) is 6. The van der Waals surface area contributed by atoms with Gasteiger partial charge in [0.05, 0.1) is 23.4 Å². The summed E-state index contributed by atoms with van der Waals surface area (Å²) < 4.78 is 1.78. The molecule has 3 aromatic heterocycles. The van der Waals surface area contributed by atoms with E-state index >= 15 is 0 Å². The van der Waals surface area contributed by atoms with Gasteiger partial charge in [-0.2, -0.15) is 0 Å². The Morgan fingerprint density at radius 3 is 2.96 bits per heavy atom. The highest BCUT2D eigenvalue weighted by Crippen LogP contribution is 2.32. The molecule has 25 heavy (non-hydrogen) atoms. The van der Waals surface area contributed by atoms with Crippen LogP contribution in [0.2, 0.25) is 0 Å². The zero-order valence-corrected chi connectivity index (χ0v) is 15.8. The van der Waals surface area contributed by atoms with Gasteiger partial charge in [0.2, 0.25) is 0 Å². The van der Waals surface area contributed by atoms with Crippen LogP contribution >= 0.6 is 22.7 Å². The number of aryl methyl sites for hydroxylation is 2. The Balaban J connectivity index is 1.61. The molecule has 7 heteroatoms. The average Bonchev–Trinajstić information content (AvgIpc) is 3.23. The van der Waals surface area contributed by atoms with Crippen LogP contribution in [0.1, 0.15) is 51.8 Å². The molecular weight excluding hydrogens is 352 g/mol. The second-order valence-electron chi connectivity index (χ2n) is 6.87. The largest absolute Gasteiger partial charge is 0.312 e. The fourth-order valence-electron chi connectivity index (χ4n) is 3.87. The number of fused-ring (bicyclic) bond motifs is 4. The van der Waals surface area contributed by atoms with Crippen molar-refractivity contribution in [2.45, 2.75) is 51.6 Å². The lowest BCUT2D eigenvalue weighted by atomic mass is 10.0. The number of nitrogens with zero attached hydrogens (tertiary/aromatic N) is 3. The summed E-state index contributed by atoms with van der Waals surface area (Å²) in [4.78, 5) is 26.2. The maximum absolute atomic E-state index is 13.2. The Kier molecular flexibility index (Phi) is 3.76. The van der Waals surface area contributed by atoms with Gasteiger partial charge in [0.25, 0.3) is 5.56 Å². The van der Waals surface area contributed by atoms with Crippen molar-refractivity contribution in [1.82, 2.24) is 19.9 Å². The van der Waals surface area contributed by atoms with Crippen LogP contribution in [0.15, 0.2) is 11.1 Å². The third kappa shape index (κ3) is 2.48. The molecule has 5 nitrogen and oxygen atoms in total. The van der Waals surface area contributed by atoms with E-state index in [1.807, 2.05) is 0 Å².